The molecule has 0 amide bonds. The topological polar surface area (TPSA) is 70.3 Å². The van der Waals surface area contributed by atoms with E-state index in [4.69, 9.17) is 14.9 Å². The van der Waals surface area contributed by atoms with Gasteiger partial charge in [-0.3, -0.25) is 0 Å². The van der Waals surface area contributed by atoms with Crippen molar-refractivity contribution >= 4 is 14.1 Å². The summed E-state index contributed by atoms with van der Waals surface area (Å²) in [5.74, 6) is 0.696. The lowest BCUT2D eigenvalue weighted by Crippen LogP contribution is -2.41. The van der Waals surface area contributed by atoms with E-state index in [9.17, 15) is 0 Å². The van der Waals surface area contributed by atoms with Gasteiger partial charge in [-0.2, -0.15) is 0 Å². The molecule has 2 N–H and O–H groups in total. The molecule has 0 unspecified atom stereocenters. The van der Waals surface area contributed by atoms with E-state index in [1.54, 1.807) is 6.20 Å². The normalized spacial score (nSPS) is 12.5. The van der Waals surface area contributed by atoms with Gasteiger partial charge < -0.3 is 14.9 Å². The maximum atomic E-state index is 6.09. The average molecular weight is 283 g/mol. The number of rotatable bonds is 5. The molecule has 0 aliphatic rings. The van der Waals surface area contributed by atoms with Crippen LogP contribution in [0.15, 0.2) is 6.20 Å². The molecule has 1 aromatic heterocycles. The van der Waals surface area contributed by atoms with E-state index in [1.807, 2.05) is 0 Å². The second-order valence-electron chi connectivity index (χ2n) is 6.11. The number of methoxy groups -OCH3 is 1. The summed E-state index contributed by atoms with van der Waals surface area (Å²) < 4.78 is 11.1. The van der Waals surface area contributed by atoms with Crippen molar-refractivity contribution < 1.29 is 9.16 Å². The lowest BCUT2D eigenvalue weighted by atomic mass is 10.2. The second kappa shape index (κ2) is 5.88. The Balaban J connectivity index is 2.57. The largest absolute Gasteiger partial charge is 0.478 e. The fraction of sp³-hybridized carbons (Fsp3) is 0.692. The number of ether oxygens (including phenoxy) is 1. The molecule has 0 fully saturated rings. The molecule has 0 atom stereocenters. The van der Waals surface area contributed by atoms with Crippen molar-refractivity contribution in [1.82, 2.24) is 9.97 Å². The highest BCUT2D eigenvalue weighted by molar-refractivity contribution is 6.74. The Bertz CT molecular complexity index is 430. The van der Waals surface area contributed by atoms with Crippen LogP contribution in [-0.2, 0) is 10.8 Å². The van der Waals surface area contributed by atoms with Crippen molar-refractivity contribution in [1.29, 1.82) is 0 Å². The third-order valence-corrected chi connectivity index (χ3v) is 8.17. The van der Waals surface area contributed by atoms with E-state index in [-0.39, 0.29) is 5.04 Å². The van der Waals surface area contributed by atoms with Crippen molar-refractivity contribution in [3.63, 3.8) is 0 Å². The summed E-state index contributed by atoms with van der Waals surface area (Å²) in [6.07, 6.45) is 2.40. The summed E-state index contributed by atoms with van der Waals surface area (Å²) in [5.41, 5.74) is 6.56. The molecule has 0 aliphatic heterocycles. The Morgan fingerprint density at radius 2 is 1.95 bits per heavy atom. The van der Waals surface area contributed by atoms with Crippen molar-refractivity contribution in [3.05, 3.63) is 11.9 Å². The van der Waals surface area contributed by atoms with Crippen molar-refractivity contribution in [2.24, 2.45) is 0 Å². The van der Waals surface area contributed by atoms with Gasteiger partial charge >= 0.3 is 0 Å². The van der Waals surface area contributed by atoms with Gasteiger partial charge in [-0.15, -0.1) is 0 Å². The lowest BCUT2D eigenvalue weighted by Gasteiger charge is -2.36. The SMILES string of the molecule is COc1ncc(CCO[Si](C)(C)C(C)(C)C)nc1N. The molecule has 108 valence electrons. The van der Waals surface area contributed by atoms with Crippen LogP contribution in [0.3, 0.4) is 0 Å². The first-order valence-corrected chi connectivity index (χ1v) is 9.37. The third-order valence-electron chi connectivity index (χ3n) is 3.63. The number of aromatic nitrogens is 2. The molecule has 0 spiro atoms. The first-order valence-electron chi connectivity index (χ1n) is 6.47. The van der Waals surface area contributed by atoms with Crippen LogP contribution in [0.1, 0.15) is 26.5 Å². The van der Waals surface area contributed by atoms with Crippen LogP contribution in [0, 0.1) is 0 Å². The first-order chi connectivity index (χ1) is 8.67. The second-order valence-corrected chi connectivity index (χ2v) is 10.9. The number of nitrogens with two attached hydrogens (primary N) is 1. The molecule has 5 nitrogen and oxygen atoms in total. The van der Waals surface area contributed by atoms with Gasteiger partial charge in [0.2, 0.25) is 0 Å². The van der Waals surface area contributed by atoms with Gasteiger partial charge in [0.25, 0.3) is 5.88 Å². The Morgan fingerprint density at radius 3 is 2.42 bits per heavy atom. The summed E-state index contributed by atoms with van der Waals surface area (Å²) in [7, 11) is -0.166. The van der Waals surface area contributed by atoms with E-state index >= 15 is 0 Å². The standard InChI is InChI=1S/C13H25N3O2Si/c1-13(2,3)19(5,6)18-8-7-10-9-15-12(17-4)11(14)16-10/h9H,7-8H2,1-6H3,(H2,14,16). The molecule has 1 rings (SSSR count). The van der Waals surface area contributed by atoms with Crippen molar-refractivity contribution in [3.8, 4) is 5.88 Å². The Hall–Kier alpha value is -1.14. The summed E-state index contributed by atoms with van der Waals surface area (Å²) in [6.45, 7) is 11.8. The minimum Gasteiger partial charge on any atom is -0.478 e. The van der Waals surface area contributed by atoms with Crippen LogP contribution in [0.5, 0.6) is 5.88 Å². The molecule has 0 aromatic carbocycles. The van der Waals surface area contributed by atoms with Crippen LogP contribution in [0.2, 0.25) is 18.1 Å². The Morgan fingerprint density at radius 1 is 1.32 bits per heavy atom. The highest BCUT2D eigenvalue weighted by atomic mass is 28.4. The van der Waals surface area contributed by atoms with Crippen molar-refractivity contribution in [2.75, 3.05) is 19.5 Å². The summed E-state index contributed by atoms with van der Waals surface area (Å²) in [4.78, 5) is 8.36. The molecule has 0 saturated heterocycles. The molecule has 0 saturated carbocycles. The van der Waals surface area contributed by atoms with Crippen LogP contribution in [-0.4, -0.2) is 32.0 Å². The van der Waals surface area contributed by atoms with Gasteiger partial charge in [-0.1, -0.05) is 20.8 Å². The van der Waals surface area contributed by atoms with E-state index in [2.05, 4.69) is 43.8 Å². The lowest BCUT2D eigenvalue weighted by molar-refractivity contribution is 0.290. The minimum absolute atomic E-state index is 0.220. The molecule has 1 aromatic rings. The van der Waals surface area contributed by atoms with Gasteiger partial charge in [0, 0.05) is 13.0 Å². The third kappa shape index (κ3) is 4.17. The minimum atomic E-state index is -1.69. The van der Waals surface area contributed by atoms with E-state index < -0.39 is 8.32 Å². The average Bonchev–Trinajstić information content (AvgIpc) is 2.27. The van der Waals surface area contributed by atoms with Gasteiger partial charge in [0.15, 0.2) is 14.1 Å². The van der Waals surface area contributed by atoms with E-state index in [1.165, 1.54) is 7.11 Å². The Kier molecular flexibility index (Phi) is 4.92. The van der Waals surface area contributed by atoms with Gasteiger partial charge in [0.05, 0.1) is 19.0 Å². The summed E-state index contributed by atoms with van der Waals surface area (Å²) in [6, 6.07) is 0. The number of anilines is 1. The molecule has 1 heterocycles. The zero-order chi connectivity index (χ0) is 14.7. The highest BCUT2D eigenvalue weighted by Gasteiger charge is 2.36. The quantitative estimate of drug-likeness (QED) is 0.841. The number of hydrogen-bond acceptors (Lipinski definition) is 5. The maximum absolute atomic E-state index is 6.09. The fourth-order valence-electron chi connectivity index (χ4n) is 1.34. The van der Waals surface area contributed by atoms with E-state index in [0.717, 1.165) is 5.69 Å². The number of nitrogen functional groups attached to an aromatic ring is 1. The molecule has 6 heteroatoms. The molecule has 19 heavy (non-hydrogen) atoms. The fourth-order valence-corrected chi connectivity index (χ4v) is 2.38. The summed E-state index contributed by atoms with van der Waals surface area (Å²) in [5, 5.41) is 0.220. The predicted molar refractivity (Wildman–Crippen MR) is 79.8 cm³/mol. The molecule has 0 radical (unpaired) electrons. The first kappa shape index (κ1) is 15.9. The van der Waals surface area contributed by atoms with Crippen molar-refractivity contribution in [2.45, 2.75) is 45.3 Å². The Labute approximate surface area is 116 Å². The van der Waals surface area contributed by atoms with E-state index in [0.29, 0.717) is 24.7 Å². The predicted octanol–water partition coefficient (Wildman–Crippen LogP) is 2.63. The van der Waals surface area contributed by atoms with Gasteiger partial charge in [-0.05, 0) is 18.1 Å². The van der Waals surface area contributed by atoms with Crippen LogP contribution in [0.4, 0.5) is 5.82 Å². The molecule has 0 aliphatic carbocycles. The number of hydrogen-bond donors (Lipinski definition) is 1. The number of nitrogens with zero attached hydrogens (tertiary/aromatic N) is 2. The van der Waals surface area contributed by atoms with Crippen LogP contribution < -0.4 is 10.5 Å². The van der Waals surface area contributed by atoms with Gasteiger partial charge in [-0.25, -0.2) is 9.97 Å². The molecular weight excluding hydrogens is 258 g/mol. The zero-order valence-electron chi connectivity index (χ0n) is 12.8. The van der Waals surface area contributed by atoms with Crippen LogP contribution in [0.25, 0.3) is 0 Å². The summed E-state index contributed by atoms with van der Waals surface area (Å²) >= 11 is 0. The van der Waals surface area contributed by atoms with Gasteiger partial charge in [0.1, 0.15) is 0 Å². The smallest absolute Gasteiger partial charge is 0.256 e. The molecule has 0 bridgehead atoms. The molecular formula is C13H25N3O2Si. The maximum Gasteiger partial charge on any atom is 0.256 e. The zero-order valence-corrected chi connectivity index (χ0v) is 13.8. The van der Waals surface area contributed by atoms with Crippen LogP contribution >= 0.6 is 0 Å². The highest BCUT2D eigenvalue weighted by Crippen LogP contribution is 2.36. The monoisotopic (exact) mass is 283 g/mol.